The second kappa shape index (κ2) is 9.79. The molecule has 0 aliphatic carbocycles. The Bertz CT molecular complexity index is 1020. The summed E-state index contributed by atoms with van der Waals surface area (Å²) in [5.41, 5.74) is -1.47. The maximum Gasteiger partial charge on any atom is 0.416 e. The van der Waals surface area contributed by atoms with Crippen molar-refractivity contribution in [2.75, 3.05) is 11.9 Å². The monoisotopic (exact) mass is 550 g/mol. The van der Waals surface area contributed by atoms with Gasteiger partial charge in [-0.15, -0.1) is 0 Å². The van der Waals surface area contributed by atoms with Crippen molar-refractivity contribution in [1.29, 1.82) is 0 Å². The van der Waals surface area contributed by atoms with Crippen LogP contribution in [0.2, 0.25) is 0 Å². The molecule has 1 heterocycles. The van der Waals surface area contributed by atoms with Crippen LogP contribution >= 0.6 is 15.9 Å². The largest absolute Gasteiger partial charge is 0.416 e. The van der Waals surface area contributed by atoms with Gasteiger partial charge in [0.1, 0.15) is 0 Å². The molecular weight excluding hydrogens is 526 g/mol. The average molecular weight is 551 g/mol. The number of fused-ring (bicyclic) bond motifs is 1. The molecule has 1 N–H and O–H groups in total. The molecular formula is C24H25BrF6N2O. The fraction of sp³-hybridized carbons (Fsp3) is 0.458. The predicted molar refractivity (Wildman–Crippen MR) is 121 cm³/mol. The van der Waals surface area contributed by atoms with Gasteiger partial charge in [-0.3, -0.25) is 4.79 Å². The molecule has 34 heavy (non-hydrogen) atoms. The highest BCUT2D eigenvalue weighted by atomic mass is 79.9. The van der Waals surface area contributed by atoms with Crippen LogP contribution in [0.25, 0.3) is 0 Å². The summed E-state index contributed by atoms with van der Waals surface area (Å²) in [5, 5.41) is 3.33. The zero-order chi connectivity index (χ0) is 25.4. The minimum atomic E-state index is -4.96. The number of nitrogens with one attached hydrogen (secondary N) is 1. The maximum absolute atomic E-state index is 13.4. The summed E-state index contributed by atoms with van der Waals surface area (Å²) in [6, 6.07) is 6.44. The van der Waals surface area contributed by atoms with Crippen LogP contribution in [0, 0.1) is 11.8 Å². The highest BCUT2D eigenvalue weighted by Crippen LogP contribution is 2.43. The van der Waals surface area contributed by atoms with Gasteiger partial charge in [0.05, 0.1) is 17.2 Å². The number of benzene rings is 2. The number of carbonyl (C=O) groups excluding carboxylic acids is 1. The molecule has 2 aromatic carbocycles. The standard InChI is InChI=1S/C24H25BrF6N2O/c1-13(2)19-6-7-32-21-11-18(25)4-5-20(21)22(19)33(14(3)34)12-15-8-16(23(26,27)28)10-17(9-15)24(29,30)31/h4-5,8-11,13,19,22,32H,6-7,12H2,1-3H3. The number of hydrogen-bond acceptors (Lipinski definition) is 2. The SMILES string of the molecule is CC(=O)N(Cc1cc(C(F)(F)F)cc(C(F)(F)F)c1)C1c2ccc(Br)cc2NCCC1C(C)C. The summed E-state index contributed by atoms with van der Waals surface area (Å²) in [5.74, 6) is -0.389. The fourth-order valence-electron chi connectivity index (χ4n) is 4.51. The minimum Gasteiger partial charge on any atom is -0.385 e. The van der Waals surface area contributed by atoms with Gasteiger partial charge < -0.3 is 10.2 Å². The minimum absolute atomic E-state index is 0.0632. The van der Waals surface area contributed by atoms with Crippen LogP contribution in [-0.4, -0.2) is 17.4 Å². The van der Waals surface area contributed by atoms with Gasteiger partial charge >= 0.3 is 12.4 Å². The van der Waals surface area contributed by atoms with Crippen molar-refractivity contribution in [3.8, 4) is 0 Å². The number of hydrogen-bond donors (Lipinski definition) is 1. The fourth-order valence-corrected chi connectivity index (χ4v) is 4.87. The maximum atomic E-state index is 13.4. The van der Waals surface area contributed by atoms with E-state index in [9.17, 15) is 31.1 Å². The van der Waals surface area contributed by atoms with Gasteiger partial charge in [-0.1, -0.05) is 35.8 Å². The van der Waals surface area contributed by atoms with E-state index >= 15 is 0 Å². The molecule has 1 aliphatic rings. The van der Waals surface area contributed by atoms with Crippen LogP contribution in [0.3, 0.4) is 0 Å². The number of amides is 1. The van der Waals surface area contributed by atoms with Crippen molar-refractivity contribution in [2.45, 2.75) is 52.1 Å². The van der Waals surface area contributed by atoms with E-state index in [4.69, 9.17) is 0 Å². The van der Waals surface area contributed by atoms with Crippen molar-refractivity contribution < 1.29 is 31.1 Å². The van der Waals surface area contributed by atoms with Gasteiger partial charge in [-0.25, -0.2) is 0 Å². The molecule has 186 valence electrons. The number of carbonyl (C=O) groups is 1. The van der Waals surface area contributed by atoms with E-state index in [0.717, 1.165) is 15.7 Å². The Kier molecular flexibility index (Phi) is 7.60. The van der Waals surface area contributed by atoms with E-state index in [1.165, 1.54) is 11.8 Å². The molecule has 0 aromatic heterocycles. The summed E-state index contributed by atoms with van der Waals surface area (Å²) in [4.78, 5) is 14.2. The van der Waals surface area contributed by atoms with Crippen molar-refractivity contribution in [3.05, 3.63) is 63.1 Å². The molecule has 2 atom stereocenters. The van der Waals surface area contributed by atoms with E-state index in [2.05, 4.69) is 21.2 Å². The quantitative estimate of drug-likeness (QED) is 0.396. The first-order chi connectivity index (χ1) is 15.7. The van der Waals surface area contributed by atoms with E-state index in [1.54, 1.807) is 6.07 Å². The highest BCUT2D eigenvalue weighted by molar-refractivity contribution is 9.10. The number of rotatable bonds is 4. The van der Waals surface area contributed by atoms with Crippen molar-refractivity contribution in [1.82, 2.24) is 4.90 Å². The molecule has 3 rings (SSSR count). The summed E-state index contributed by atoms with van der Waals surface area (Å²) in [7, 11) is 0. The zero-order valence-electron chi connectivity index (χ0n) is 18.8. The smallest absolute Gasteiger partial charge is 0.385 e. The summed E-state index contributed by atoms with van der Waals surface area (Å²) >= 11 is 3.42. The van der Waals surface area contributed by atoms with Gasteiger partial charge in [0.15, 0.2) is 0 Å². The van der Waals surface area contributed by atoms with Gasteiger partial charge in [0.2, 0.25) is 5.91 Å². The van der Waals surface area contributed by atoms with Crippen LogP contribution in [-0.2, 0) is 23.7 Å². The van der Waals surface area contributed by atoms with E-state index in [0.29, 0.717) is 25.1 Å². The van der Waals surface area contributed by atoms with Gasteiger partial charge in [0.25, 0.3) is 0 Å². The zero-order valence-corrected chi connectivity index (χ0v) is 20.4. The van der Waals surface area contributed by atoms with E-state index in [1.807, 2.05) is 26.0 Å². The lowest BCUT2D eigenvalue weighted by Crippen LogP contribution is -2.38. The predicted octanol–water partition coefficient (Wildman–Crippen LogP) is 7.66. The summed E-state index contributed by atoms with van der Waals surface area (Å²) in [6.07, 6.45) is -9.24. The lowest BCUT2D eigenvalue weighted by molar-refractivity contribution is -0.143. The third kappa shape index (κ3) is 5.87. The molecule has 0 bridgehead atoms. The van der Waals surface area contributed by atoms with Crippen molar-refractivity contribution in [3.63, 3.8) is 0 Å². The normalized spacial score (nSPS) is 18.8. The molecule has 2 unspecified atom stereocenters. The lowest BCUT2D eigenvalue weighted by atomic mass is 9.81. The molecule has 0 radical (unpaired) electrons. The Labute approximate surface area is 202 Å². The van der Waals surface area contributed by atoms with Crippen molar-refractivity contribution in [2.24, 2.45) is 11.8 Å². The van der Waals surface area contributed by atoms with Crippen LogP contribution in [0.1, 0.15) is 55.5 Å². The Hall–Kier alpha value is -2.23. The first kappa shape index (κ1) is 26.4. The highest BCUT2D eigenvalue weighted by Gasteiger charge is 2.39. The second-order valence-corrected chi connectivity index (χ2v) is 9.78. The molecule has 2 aromatic rings. The molecule has 0 spiro atoms. The molecule has 3 nitrogen and oxygen atoms in total. The molecule has 0 saturated carbocycles. The lowest BCUT2D eigenvalue weighted by Gasteiger charge is -2.38. The third-order valence-corrected chi connectivity index (χ3v) is 6.62. The first-order valence-corrected chi connectivity index (χ1v) is 11.6. The number of anilines is 1. The Morgan fingerprint density at radius 2 is 1.65 bits per heavy atom. The van der Waals surface area contributed by atoms with Crippen molar-refractivity contribution >= 4 is 27.5 Å². The number of halogens is 7. The molecule has 0 fully saturated rings. The molecule has 1 aliphatic heterocycles. The van der Waals surface area contributed by atoms with Crippen LogP contribution in [0.4, 0.5) is 32.0 Å². The molecule has 0 saturated heterocycles. The van der Waals surface area contributed by atoms with Crippen LogP contribution in [0.15, 0.2) is 40.9 Å². The topological polar surface area (TPSA) is 32.3 Å². The Balaban J connectivity index is 2.14. The Morgan fingerprint density at radius 1 is 1.06 bits per heavy atom. The van der Waals surface area contributed by atoms with Crippen LogP contribution < -0.4 is 5.32 Å². The first-order valence-electron chi connectivity index (χ1n) is 10.8. The van der Waals surface area contributed by atoms with Gasteiger partial charge in [-0.05, 0) is 59.7 Å². The molecule has 10 heteroatoms. The van der Waals surface area contributed by atoms with E-state index < -0.39 is 35.4 Å². The van der Waals surface area contributed by atoms with Crippen LogP contribution in [0.5, 0.6) is 0 Å². The summed E-state index contributed by atoms with van der Waals surface area (Å²) in [6.45, 7) is 5.51. The van der Waals surface area contributed by atoms with Gasteiger partial charge in [-0.2, -0.15) is 26.3 Å². The molecule has 1 amide bonds. The Morgan fingerprint density at radius 3 is 2.15 bits per heavy atom. The number of alkyl halides is 6. The number of nitrogens with zero attached hydrogens (tertiary/aromatic N) is 1. The van der Waals surface area contributed by atoms with Gasteiger partial charge in [0, 0.05) is 30.2 Å². The third-order valence-electron chi connectivity index (χ3n) is 6.13. The second-order valence-electron chi connectivity index (χ2n) is 8.86. The van der Waals surface area contributed by atoms with E-state index in [-0.39, 0.29) is 30.0 Å². The average Bonchev–Trinajstić information content (AvgIpc) is 2.89. The summed E-state index contributed by atoms with van der Waals surface area (Å²) < 4.78 is 81.1.